The van der Waals surface area contributed by atoms with Crippen molar-refractivity contribution in [1.29, 1.82) is 0 Å². The van der Waals surface area contributed by atoms with Gasteiger partial charge in [-0.25, -0.2) is 17.5 Å². The Morgan fingerprint density at radius 1 is 1.25 bits per heavy atom. The monoisotopic (exact) mass is 412 g/mol. The average molecular weight is 413 g/mol. The smallest absolute Gasteiger partial charge is 0.255 e. The Kier molecular flexibility index (Phi) is 5.87. The number of rotatable bonds is 6. The SMILES string of the molecule is C=CCNS(=O)(=O)c1cc(C(=O)Nc2ccccc2Br)ccc1F. The summed E-state index contributed by atoms with van der Waals surface area (Å²) in [6, 6.07) is 10.1. The zero-order chi connectivity index (χ0) is 17.7. The van der Waals surface area contributed by atoms with Crippen molar-refractivity contribution in [2.45, 2.75) is 4.90 Å². The molecule has 2 aromatic carbocycles. The molecular formula is C16H14BrFN2O3S. The van der Waals surface area contributed by atoms with Gasteiger partial charge in [-0.15, -0.1) is 6.58 Å². The molecule has 2 aromatic rings. The Morgan fingerprint density at radius 2 is 1.96 bits per heavy atom. The number of hydrogen-bond acceptors (Lipinski definition) is 3. The Bertz CT molecular complexity index is 885. The largest absolute Gasteiger partial charge is 0.321 e. The molecule has 0 heterocycles. The van der Waals surface area contributed by atoms with Gasteiger partial charge >= 0.3 is 0 Å². The van der Waals surface area contributed by atoms with Crippen LogP contribution in [0.4, 0.5) is 10.1 Å². The third-order valence-electron chi connectivity index (χ3n) is 3.02. The van der Waals surface area contributed by atoms with Crippen LogP contribution in [0.25, 0.3) is 0 Å². The van der Waals surface area contributed by atoms with Gasteiger partial charge in [-0.1, -0.05) is 18.2 Å². The van der Waals surface area contributed by atoms with E-state index >= 15 is 0 Å². The van der Waals surface area contributed by atoms with E-state index in [9.17, 15) is 17.6 Å². The van der Waals surface area contributed by atoms with Crippen LogP contribution in [0.15, 0.2) is 64.5 Å². The van der Waals surface area contributed by atoms with E-state index in [0.717, 1.165) is 12.1 Å². The van der Waals surface area contributed by atoms with E-state index in [1.807, 2.05) is 0 Å². The third-order valence-corrected chi connectivity index (χ3v) is 5.15. The number of hydrogen-bond donors (Lipinski definition) is 2. The van der Waals surface area contributed by atoms with E-state index in [0.29, 0.717) is 10.2 Å². The Balaban J connectivity index is 2.32. The second-order valence-electron chi connectivity index (χ2n) is 4.72. The maximum Gasteiger partial charge on any atom is 0.255 e. The molecule has 0 aliphatic rings. The predicted molar refractivity (Wildman–Crippen MR) is 93.9 cm³/mol. The first-order valence-corrected chi connectivity index (χ1v) is 9.09. The van der Waals surface area contributed by atoms with Crippen molar-refractivity contribution in [1.82, 2.24) is 4.72 Å². The summed E-state index contributed by atoms with van der Waals surface area (Å²) in [6.07, 6.45) is 1.33. The highest BCUT2D eigenvalue weighted by Crippen LogP contribution is 2.23. The summed E-state index contributed by atoms with van der Waals surface area (Å²) in [7, 11) is -4.08. The van der Waals surface area contributed by atoms with E-state index in [-0.39, 0.29) is 12.1 Å². The second-order valence-corrected chi connectivity index (χ2v) is 7.31. The van der Waals surface area contributed by atoms with Crippen molar-refractivity contribution in [3.63, 3.8) is 0 Å². The van der Waals surface area contributed by atoms with Crippen molar-refractivity contribution >= 4 is 37.5 Å². The van der Waals surface area contributed by atoms with Gasteiger partial charge in [0.2, 0.25) is 10.0 Å². The molecular weight excluding hydrogens is 399 g/mol. The molecule has 0 radical (unpaired) electrons. The van der Waals surface area contributed by atoms with Crippen LogP contribution in [0.2, 0.25) is 0 Å². The standard InChI is InChI=1S/C16H14BrFN2O3S/c1-2-9-19-24(22,23)15-10-11(7-8-13(15)18)16(21)20-14-6-4-3-5-12(14)17/h2-8,10,19H,1,9H2,(H,20,21). The highest BCUT2D eigenvalue weighted by Gasteiger charge is 2.20. The third kappa shape index (κ3) is 4.28. The molecule has 24 heavy (non-hydrogen) atoms. The van der Waals surface area contributed by atoms with Crippen LogP contribution in [0.3, 0.4) is 0 Å². The first-order valence-electron chi connectivity index (χ1n) is 6.81. The fourth-order valence-electron chi connectivity index (χ4n) is 1.85. The maximum atomic E-state index is 13.9. The van der Waals surface area contributed by atoms with Crippen molar-refractivity contribution in [3.05, 3.63) is 71.0 Å². The topological polar surface area (TPSA) is 75.3 Å². The molecule has 0 spiro atoms. The number of nitrogens with one attached hydrogen (secondary N) is 2. The first-order chi connectivity index (χ1) is 11.3. The van der Waals surface area contributed by atoms with Gasteiger partial charge in [-0.3, -0.25) is 4.79 Å². The number of amides is 1. The van der Waals surface area contributed by atoms with Crippen molar-refractivity contribution in [3.8, 4) is 0 Å². The molecule has 0 aliphatic heterocycles. The number of para-hydroxylation sites is 1. The van der Waals surface area contributed by atoms with Gasteiger partial charge < -0.3 is 5.32 Å². The maximum absolute atomic E-state index is 13.9. The summed E-state index contributed by atoms with van der Waals surface area (Å²) in [5, 5.41) is 2.63. The molecule has 8 heteroatoms. The van der Waals surface area contributed by atoms with Crippen LogP contribution >= 0.6 is 15.9 Å². The minimum atomic E-state index is -4.08. The zero-order valence-corrected chi connectivity index (χ0v) is 14.8. The Hall–Kier alpha value is -2.03. The fraction of sp³-hybridized carbons (Fsp3) is 0.0625. The van der Waals surface area contributed by atoms with Crippen LogP contribution in [0, 0.1) is 5.82 Å². The number of carbonyl (C=O) groups excluding carboxylic acids is 1. The Labute approximate surface area is 147 Å². The number of anilines is 1. The van der Waals surface area contributed by atoms with Gasteiger partial charge in [0.15, 0.2) is 0 Å². The highest BCUT2D eigenvalue weighted by molar-refractivity contribution is 9.10. The van der Waals surface area contributed by atoms with Crippen LogP contribution < -0.4 is 10.0 Å². The second kappa shape index (κ2) is 7.69. The molecule has 0 bridgehead atoms. The van der Waals surface area contributed by atoms with Crippen LogP contribution in [0.1, 0.15) is 10.4 Å². The summed E-state index contributed by atoms with van der Waals surface area (Å²) in [5.74, 6) is -1.49. The molecule has 1 amide bonds. The van der Waals surface area contributed by atoms with Gasteiger partial charge in [0.05, 0.1) is 5.69 Å². The van der Waals surface area contributed by atoms with Crippen LogP contribution in [0.5, 0.6) is 0 Å². The first kappa shape index (κ1) is 18.3. The summed E-state index contributed by atoms with van der Waals surface area (Å²) in [4.78, 5) is 11.7. The highest BCUT2D eigenvalue weighted by atomic mass is 79.9. The number of carbonyl (C=O) groups is 1. The lowest BCUT2D eigenvalue weighted by Gasteiger charge is -2.10. The minimum Gasteiger partial charge on any atom is -0.321 e. The van der Waals surface area contributed by atoms with Crippen molar-refractivity contribution in [2.75, 3.05) is 11.9 Å². The normalized spacial score (nSPS) is 11.1. The van der Waals surface area contributed by atoms with Crippen LogP contribution in [-0.2, 0) is 10.0 Å². The molecule has 0 fully saturated rings. The lowest BCUT2D eigenvalue weighted by atomic mass is 10.2. The van der Waals surface area contributed by atoms with Gasteiger partial charge in [0.25, 0.3) is 5.91 Å². The molecule has 2 N–H and O–H groups in total. The fourth-order valence-corrected chi connectivity index (χ4v) is 3.34. The van der Waals surface area contributed by atoms with Gasteiger partial charge in [0.1, 0.15) is 10.7 Å². The summed E-state index contributed by atoms with van der Waals surface area (Å²) >= 11 is 3.29. The summed E-state index contributed by atoms with van der Waals surface area (Å²) in [6.45, 7) is 3.34. The molecule has 0 aromatic heterocycles. The number of halogens is 2. The molecule has 2 rings (SSSR count). The molecule has 5 nitrogen and oxygen atoms in total. The summed E-state index contributed by atoms with van der Waals surface area (Å²) in [5.41, 5.74) is 0.534. The number of benzene rings is 2. The van der Waals surface area contributed by atoms with Crippen molar-refractivity contribution < 1.29 is 17.6 Å². The summed E-state index contributed by atoms with van der Waals surface area (Å²) < 4.78 is 40.8. The number of sulfonamides is 1. The molecule has 0 saturated carbocycles. The zero-order valence-electron chi connectivity index (χ0n) is 12.4. The lowest BCUT2D eigenvalue weighted by molar-refractivity contribution is 0.102. The lowest BCUT2D eigenvalue weighted by Crippen LogP contribution is -2.25. The van der Waals surface area contributed by atoms with E-state index in [1.165, 1.54) is 12.1 Å². The van der Waals surface area contributed by atoms with E-state index in [4.69, 9.17) is 0 Å². The predicted octanol–water partition coefficient (Wildman–Crippen LogP) is 3.30. The van der Waals surface area contributed by atoms with Crippen molar-refractivity contribution in [2.24, 2.45) is 0 Å². The molecule has 126 valence electrons. The molecule has 0 atom stereocenters. The van der Waals surface area contributed by atoms with Gasteiger partial charge in [0, 0.05) is 16.6 Å². The van der Waals surface area contributed by atoms with E-state index in [2.05, 4.69) is 32.5 Å². The molecule has 0 saturated heterocycles. The molecule has 0 unspecified atom stereocenters. The van der Waals surface area contributed by atoms with E-state index in [1.54, 1.807) is 24.3 Å². The van der Waals surface area contributed by atoms with Crippen LogP contribution in [-0.4, -0.2) is 20.9 Å². The van der Waals surface area contributed by atoms with Gasteiger partial charge in [-0.2, -0.15) is 0 Å². The quantitative estimate of drug-likeness (QED) is 0.714. The average Bonchev–Trinajstić information content (AvgIpc) is 2.55. The molecule has 0 aliphatic carbocycles. The van der Waals surface area contributed by atoms with Gasteiger partial charge in [-0.05, 0) is 46.3 Å². The van der Waals surface area contributed by atoms with E-state index < -0.39 is 26.6 Å². The Morgan fingerprint density at radius 3 is 2.62 bits per heavy atom. The minimum absolute atomic E-state index is 0.0196.